The number of nitrogens with zero attached hydrogens (tertiary/aromatic N) is 3. The molecule has 0 saturated carbocycles. The highest BCUT2D eigenvalue weighted by Crippen LogP contribution is 2.17. The van der Waals surface area contributed by atoms with E-state index in [2.05, 4.69) is 10.5 Å². The smallest absolute Gasteiger partial charge is 0.270 e. The molecule has 1 N–H and O–H groups in total. The van der Waals surface area contributed by atoms with Gasteiger partial charge in [-0.3, -0.25) is 19.2 Å². The number of rotatable bonds is 7. The molecule has 1 amide bonds. The molecule has 0 fully saturated rings. The minimum Gasteiger partial charge on any atom is -0.271 e. The topological polar surface area (TPSA) is 122 Å². The lowest BCUT2D eigenvalue weighted by Crippen LogP contribution is -2.39. The number of hydrogen-bond acceptors (Lipinski definition) is 6. The molecule has 2 aromatic rings. The van der Waals surface area contributed by atoms with Gasteiger partial charge in [0.2, 0.25) is 10.0 Å². The zero-order chi connectivity index (χ0) is 20.9. The second-order valence-corrected chi connectivity index (χ2v) is 7.69. The summed E-state index contributed by atoms with van der Waals surface area (Å²) in [5.74, 6) is -1.28. The van der Waals surface area contributed by atoms with Gasteiger partial charge in [0.05, 0.1) is 22.6 Å². The van der Waals surface area contributed by atoms with Crippen molar-refractivity contribution in [3.05, 3.63) is 70.0 Å². The van der Waals surface area contributed by atoms with E-state index in [-0.39, 0.29) is 11.4 Å². The third kappa shape index (κ3) is 5.58. The molecule has 11 heteroatoms. The average molecular weight is 408 g/mol. The summed E-state index contributed by atoms with van der Waals surface area (Å²) >= 11 is 0. The molecule has 0 aliphatic carbocycles. The molecular formula is C17H17FN4O5S. The number of sulfonamides is 1. The van der Waals surface area contributed by atoms with E-state index < -0.39 is 33.2 Å². The van der Waals surface area contributed by atoms with Crippen molar-refractivity contribution in [2.75, 3.05) is 17.1 Å². The minimum absolute atomic E-state index is 0.124. The van der Waals surface area contributed by atoms with Crippen molar-refractivity contribution in [1.29, 1.82) is 0 Å². The maximum atomic E-state index is 13.1. The van der Waals surface area contributed by atoms with Crippen molar-refractivity contribution >= 4 is 33.0 Å². The molecule has 148 valence electrons. The van der Waals surface area contributed by atoms with Crippen LogP contribution in [0.25, 0.3) is 0 Å². The predicted octanol–water partition coefficient (Wildman–Crippen LogP) is 2.04. The highest BCUT2D eigenvalue weighted by atomic mass is 32.2. The Kier molecular flexibility index (Phi) is 6.41. The summed E-state index contributed by atoms with van der Waals surface area (Å²) < 4.78 is 37.8. The molecule has 0 atom stereocenters. The van der Waals surface area contributed by atoms with Gasteiger partial charge in [-0.2, -0.15) is 5.10 Å². The number of non-ortho nitro benzene ring substituents is 1. The third-order valence-corrected chi connectivity index (χ3v) is 4.77. The standard InChI is InChI=1S/C17H17FN4O5S/c1-12(13-4-3-5-16(10-13)22(24)25)19-20-17(23)11-21(28(2,26)27)15-8-6-14(18)7-9-15/h3-10H,11H2,1-2H3,(H,20,23)/b19-12-. The third-order valence-electron chi connectivity index (χ3n) is 3.63. The van der Waals surface area contributed by atoms with E-state index in [0.717, 1.165) is 22.7 Å². The molecule has 0 heterocycles. The second kappa shape index (κ2) is 8.57. The lowest BCUT2D eigenvalue weighted by atomic mass is 10.1. The molecule has 2 aromatic carbocycles. The molecule has 0 saturated heterocycles. The maximum Gasteiger partial charge on any atom is 0.270 e. The monoisotopic (exact) mass is 408 g/mol. The number of nitro benzene ring substituents is 1. The van der Waals surface area contributed by atoms with Crippen LogP contribution in [0.4, 0.5) is 15.8 Å². The first-order chi connectivity index (χ1) is 13.1. The van der Waals surface area contributed by atoms with Gasteiger partial charge in [-0.15, -0.1) is 0 Å². The van der Waals surface area contributed by atoms with E-state index in [0.29, 0.717) is 11.3 Å². The summed E-state index contributed by atoms with van der Waals surface area (Å²) in [6.07, 6.45) is 0.918. The number of hydrazone groups is 1. The Morgan fingerprint density at radius 3 is 2.46 bits per heavy atom. The number of carbonyl (C=O) groups excluding carboxylic acids is 1. The van der Waals surface area contributed by atoms with Crippen LogP contribution in [0, 0.1) is 15.9 Å². The van der Waals surface area contributed by atoms with Crippen molar-refractivity contribution in [2.24, 2.45) is 5.10 Å². The highest BCUT2D eigenvalue weighted by Gasteiger charge is 2.21. The number of benzene rings is 2. The number of carbonyl (C=O) groups is 1. The minimum atomic E-state index is -3.81. The van der Waals surface area contributed by atoms with Crippen molar-refractivity contribution in [2.45, 2.75) is 6.92 Å². The Bertz CT molecular complexity index is 1020. The number of halogens is 1. The number of anilines is 1. The zero-order valence-corrected chi connectivity index (χ0v) is 15.8. The first kappa shape index (κ1) is 21.0. The van der Waals surface area contributed by atoms with E-state index in [1.165, 1.54) is 37.3 Å². The molecule has 0 radical (unpaired) electrons. The van der Waals surface area contributed by atoms with Crippen LogP contribution in [0.5, 0.6) is 0 Å². The van der Waals surface area contributed by atoms with Gasteiger partial charge in [0.15, 0.2) is 0 Å². The molecule has 28 heavy (non-hydrogen) atoms. The van der Waals surface area contributed by atoms with Crippen LogP contribution >= 0.6 is 0 Å². The molecule has 0 aromatic heterocycles. The average Bonchev–Trinajstić information content (AvgIpc) is 2.64. The lowest BCUT2D eigenvalue weighted by molar-refractivity contribution is -0.384. The van der Waals surface area contributed by atoms with E-state index >= 15 is 0 Å². The van der Waals surface area contributed by atoms with E-state index in [1.807, 2.05) is 0 Å². The summed E-state index contributed by atoms with van der Waals surface area (Å²) in [5, 5.41) is 14.7. The Balaban J connectivity index is 2.14. The summed E-state index contributed by atoms with van der Waals surface area (Å²) in [4.78, 5) is 22.4. The molecular weight excluding hydrogens is 391 g/mol. The Morgan fingerprint density at radius 1 is 1.25 bits per heavy atom. The Hall–Kier alpha value is -3.34. The summed E-state index contributed by atoms with van der Waals surface area (Å²) in [7, 11) is -3.81. The maximum absolute atomic E-state index is 13.1. The quantitative estimate of drug-likeness (QED) is 0.427. The van der Waals surface area contributed by atoms with Crippen LogP contribution < -0.4 is 9.73 Å². The van der Waals surface area contributed by atoms with E-state index in [1.54, 1.807) is 6.07 Å². The molecule has 0 spiro atoms. The van der Waals surface area contributed by atoms with Crippen LogP contribution in [0.3, 0.4) is 0 Å². The van der Waals surface area contributed by atoms with Gasteiger partial charge >= 0.3 is 0 Å². The Labute approximate surface area is 160 Å². The van der Waals surface area contributed by atoms with Crippen LogP contribution in [0.1, 0.15) is 12.5 Å². The molecule has 0 aliphatic rings. The van der Waals surface area contributed by atoms with Crippen LogP contribution in [-0.2, 0) is 14.8 Å². The van der Waals surface area contributed by atoms with Crippen LogP contribution in [-0.4, -0.2) is 37.8 Å². The number of nitro groups is 1. The highest BCUT2D eigenvalue weighted by molar-refractivity contribution is 7.92. The number of hydrogen-bond donors (Lipinski definition) is 1. The normalized spacial score (nSPS) is 11.8. The Morgan fingerprint density at radius 2 is 1.89 bits per heavy atom. The van der Waals surface area contributed by atoms with Gasteiger partial charge in [0, 0.05) is 17.7 Å². The first-order valence-corrected chi connectivity index (χ1v) is 9.74. The molecule has 2 rings (SSSR count). The lowest BCUT2D eigenvalue weighted by Gasteiger charge is -2.21. The van der Waals surface area contributed by atoms with E-state index in [9.17, 15) is 27.7 Å². The van der Waals surface area contributed by atoms with Gasteiger partial charge in [-0.25, -0.2) is 18.2 Å². The summed E-state index contributed by atoms with van der Waals surface area (Å²) in [6.45, 7) is 0.962. The number of amides is 1. The van der Waals surface area contributed by atoms with Crippen LogP contribution in [0.2, 0.25) is 0 Å². The van der Waals surface area contributed by atoms with Gasteiger partial charge in [0.25, 0.3) is 11.6 Å². The van der Waals surface area contributed by atoms with Crippen molar-refractivity contribution in [3.63, 3.8) is 0 Å². The zero-order valence-electron chi connectivity index (χ0n) is 15.0. The van der Waals surface area contributed by atoms with Crippen LogP contribution in [0.15, 0.2) is 53.6 Å². The molecule has 0 aliphatic heterocycles. The summed E-state index contributed by atoms with van der Waals surface area (Å²) in [6, 6.07) is 10.3. The van der Waals surface area contributed by atoms with Crippen molar-refractivity contribution < 1.29 is 22.5 Å². The van der Waals surface area contributed by atoms with E-state index in [4.69, 9.17) is 0 Å². The van der Waals surface area contributed by atoms with Gasteiger partial charge in [-0.05, 0) is 31.2 Å². The second-order valence-electron chi connectivity index (χ2n) is 5.79. The molecule has 9 nitrogen and oxygen atoms in total. The fraction of sp³-hybridized carbons (Fsp3) is 0.176. The fourth-order valence-electron chi connectivity index (χ4n) is 2.23. The largest absolute Gasteiger partial charge is 0.271 e. The first-order valence-electron chi connectivity index (χ1n) is 7.89. The molecule has 0 unspecified atom stereocenters. The van der Waals surface area contributed by atoms with Crippen molar-refractivity contribution in [1.82, 2.24) is 5.43 Å². The number of nitrogens with one attached hydrogen (secondary N) is 1. The van der Waals surface area contributed by atoms with Crippen molar-refractivity contribution in [3.8, 4) is 0 Å². The van der Waals surface area contributed by atoms with Gasteiger partial charge in [-0.1, -0.05) is 12.1 Å². The SMILES string of the molecule is C/C(=N/NC(=O)CN(c1ccc(F)cc1)S(C)(=O)=O)c1cccc([N+](=O)[O-])c1. The summed E-state index contributed by atoms with van der Waals surface area (Å²) in [5.41, 5.74) is 2.93. The fourth-order valence-corrected chi connectivity index (χ4v) is 3.08. The van der Waals surface area contributed by atoms with Gasteiger partial charge < -0.3 is 0 Å². The predicted molar refractivity (Wildman–Crippen MR) is 102 cm³/mol. The van der Waals surface area contributed by atoms with Gasteiger partial charge in [0.1, 0.15) is 12.4 Å². The molecule has 0 bridgehead atoms.